The van der Waals surface area contributed by atoms with Gasteiger partial charge in [0.1, 0.15) is 6.04 Å². The van der Waals surface area contributed by atoms with Crippen LogP contribution in [0.25, 0.3) is 0 Å². The van der Waals surface area contributed by atoms with Crippen molar-refractivity contribution in [3.63, 3.8) is 0 Å². The van der Waals surface area contributed by atoms with Gasteiger partial charge in [-0.1, -0.05) is 0 Å². The minimum atomic E-state index is -1.34. The quantitative estimate of drug-likeness (QED) is 0.599. The minimum Gasteiger partial charge on any atom is -0.480 e. The summed E-state index contributed by atoms with van der Waals surface area (Å²) >= 11 is 0. The molecule has 1 aliphatic rings. The van der Waals surface area contributed by atoms with Crippen molar-refractivity contribution in [3.8, 4) is 0 Å². The number of aromatic carboxylic acids is 2. The van der Waals surface area contributed by atoms with Gasteiger partial charge in [-0.25, -0.2) is 19.4 Å². The molecule has 0 spiro atoms. The van der Waals surface area contributed by atoms with Gasteiger partial charge in [0.25, 0.3) is 0 Å². The summed E-state index contributed by atoms with van der Waals surface area (Å²) in [5, 5.41) is 27.6. The molecule has 1 atom stereocenters. The first-order chi connectivity index (χ1) is 9.82. The number of aliphatic carboxylic acids is 1. The van der Waals surface area contributed by atoms with Gasteiger partial charge >= 0.3 is 17.9 Å². The number of aromatic nitrogens is 1. The fourth-order valence-electron chi connectivity index (χ4n) is 1.55. The van der Waals surface area contributed by atoms with Crippen molar-refractivity contribution in [2.45, 2.75) is 18.9 Å². The van der Waals surface area contributed by atoms with Crippen LogP contribution in [0, 0.1) is 0 Å². The largest absolute Gasteiger partial charge is 0.480 e. The number of carboxylic acids is 3. The topological polar surface area (TPSA) is 154 Å². The second-order valence-electron chi connectivity index (χ2n) is 4.01. The summed E-state index contributed by atoms with van der Waals surface area (Å²) in [6, 6.07) is 1.92. The molecule has 9 nitrogen and oxygen atoms in total. The van der Waals surface area contributed by atoms with Gasteiger partial charge in [-0.2, -0.15) is 0 Å². The highest BCUT2D eigenvalue weighted by atomic mass is 16.4. The molecule has 0 bridgehead atoms. The van der Waals surface area contributed by atoms with E-state index in [1.165, 1.54) is 18.3 Å². The SMILES string of the molecule is O=C(O)c1cccnc1C(=O)O.O=C1CCC(C(=O)O)N1. The summed E-state index contributed by atoms with van der Waals surface area (Å²) in [5.41, 5.74) is -0.741. The van der Waals surface area contributed by atoms with Crippen molar-refractivity contribution in [1.82, 2.24) is 10.3 Å². The van der Waals surface area contributed by atoms with Crippen molar-refractivity contribution < 1.29 is 34.5 Å². The lowest BCUT2D eigenvalue weighted by atomic mass is 10.2. The zero-order valence-corrected chi connectivity index (χ0v) is 10.6. The number of nitrogens with one attached hydrogen (secondary N) is 1. The van der Waals surface area contributed by atoms with E-state index in [0.717, 1.165) is 0 Å². The Labute approximate surface area is 118 Å². The zero-order chi connectivity index (χ0) is 16.0. The molecule has 21 heavy (non-hydrogen) atoms. The third-order valence-electron chi connectivity index (χ3n) is 2.53. The van der Waals surface area contributed by atoms with Crippen molar-refractivity contribution in [3.05, 3.63) is 29.6 Å². The molecule has 2 rings (SSSR count). The van der Waals surface area contributed by atoms with Gasteiger partial charge in [-0.3, -0.25) is 4.79 Å². The Morgan fingerprint density at radius 3 is 2.19 bits per heavy atom. The van der Waals surface area contributed by atoms with E-state index >= 15 is 0 Å². The van der Waals surface area contributed by atoms with Crippen molar-refractivity contribution in [2.75, 3.05) is 0 Å². The Bertz CT molecular complexity index is 552. The van der Waals surface area contributed by atoms with Crippen LogP contribution in [0.3, 0.4) is 0 Å². The summed E-state index contributed by atoms with van der Waals surface area (Å²) in [6.07, 6.45) is 2.00. The third kappa shape index (κ3) is 4.56. The Kier molecular flexibility index (Phi) is 5.35. The Morgan fingerprint density at radius 1 is 1.19 bits per heavy atom. The van der Waals surface area contributed by atoms with E-state index in [-0.39, 0.29) is 11.5 Å². The Balaban J connectivity index is 0.000000219. The normalized spacial score (nSPS) is 16.4. The summed E-state index contributed by atoms with van der Waals surface area (Å²) in [4.78, 5) is 44.8. The average Bonchev–Trinajstić information content (AvgIpc) is 2.86. The number of nitrogens with zero attached hydrogens (tertiary/aromatic N) is 1. The standard InChI is InChI=1S/C7H5NO4.C5H7NO3/c9-6(10)4-2-1-3-8-5(4)7(11)12;7-4-2-1-3(6-4)5(8)9/h1-3H,(H,9,10)(H,11,12);3H,1-2H2,(H,6,7)(H,8,9). The maximum absolute atomic E-state index is 10.4. The molecule has 1 aromatic heterocycles. The maximum atomic E-state index is 10.4. The highest BCUT2D eigenvalue weighted by Gasteiger charge is 2.26. The van der Waals surface area contributed by atoms with E-state index in [0.29, 0.717) is 12.8 Å². The zero-order valence-electron chi connectivity index (χ0n) is 10.6. The van der Waals surface area contributed by atoms with Crippen LogP contribution in [-0.2, 0) is 9.59 Å². The molecule has 9 heteroatoms. The van der Waals surface area contributed by atoms with Crippen LogP contribution in [0.5, 0.6) is 0 Å². The molecule has 0 saturated carbocycles. The first-order valence-electron chi connectivity index (χ1n) is 5.76. The summed E-state index contributed by atoms with van der Waals surface area (Å²) < 4.78 is 0. The number of amides is 1. The summed E-state index contributed by atoms with van der Waals surface area (Å²) in [7, 11) is 0. The average molecular weight is 296 g/mol. The molecular weight excluding hydrogens is 284 g/mol. The number of rotatable bonds is 3. The first-order valence-corrected chi connectivity index (χ1v) is 5.76. The molecule has 1 amide bonds. The van der Waals surface area contributed by atoms with Crippen LogP contribution in [0.2, 0.25) is 0 Å². The van der Waals surface area contributed by atoms with Gasteiger partial charge in [0.2, 0.25) is 5.91 Å². The number of hydrogen-bond acceptors (Lipinski definition) is 5. The monoisotopic (exact) mass is 296 g/mol. The van der Waals surface area contributed by atoms with E-state index < -0.39 is 29.6 Å². The number of hydrogen-bond donors (Lipinski definition) is 4. The third-order valence-corrected chi connectivity index (χ3v) is 2.53. The lowest BCUT2D eigenvalue weighted by Gasteiger charge is -1.99. The molecule has 0 aromatic carbocycles. The van der Waals surface area contributed by atoms with Crippen LogP contribution >= 0.6 is 0 Å². The van der Waals surface area contributed by atoms with Gasteiger partial charge in [0, 0.05) is 12.6 Å². The fourth-order valence-corrected chi connectivity index (χ4v) is 1.55. The lowest BCUT2D eigenvalue weighted by Crippen LogP contribution is -2.32. The van der Waals surface area contributed by atoms with Crippen LogP contribution in [0.1, 0.15) is 33.7 Å². The molecule has 1 fully saturated rings. The molecule has 0 aliphatic carbocycles. The number of carbonyl (C=O) groups excluding carboxylic acids is 1. The first kappa shape index (κ1) is 16.1. The molecule has 1 unspecified atom stereocenters. The summed E-state index contributed by atoms with van der Waals surface area (Å²) in [6.45, 7) is 0. The van der Waals surface area contributed by atoms with Crippen molar-refractivity contribution in [1.29, 1.82) is 0 Å². The van der Waals surface area contributed by atoms with Crippen LogP contribution in [0.15, 0.2) is 18.3 Å². The Hall–Kier alpha value is -2.97. The van der Waals surface area contributed by atoms with E-state index in [2.05, 4.69) is 10.3 Å². The molecule has 112 valence electrons. The fraction of sp³-hybridized carbons (Fsp3) is 0.250. The second-order valence-corrected chi connectivity index (χ2v) is 4.01. The van der Waals surface area contributed by atoms with Gasteiger partial charge in [0.15, 0.2) is 5.69 Å². The molecule has 1 saturated heterocycles. The predicted octanol–water partition coefficient (Wildman–Crippen LogP) is -0.172. The molecule has 1 aromatic rings. The van der Waals surface area contributed by atoms with Gasteiger partial charge in [-0.15, -0.1) is 0 Å². The van der Waals surface area contributed by atoms with Gasteiger partial charge in [0.05, 0.1) is 5.56 Å². The smallest absolute Gasteiger partial charge is 0.355 e. The lowest BCUT2D eigenvalue weighted by molar-refractivity contribution is -0.140. The van der Waals surface area contributed by atoms with Crippen LogP contribution < -0.4 is 5.32 Å². The highest BCUT2D eigenvalue weighted by Crippen LogP contribution is 2.05. The van der Waals surface area contributed by atoms with Crippen LogP contribution in [0.4, 0.5) is 0 Å². The molecule has 4 N–H and O–H groups in total. The molecular formula is C12H12N2O7. The van der Waals surface area contributed by atoms with E-state index in [1.807, 2.05) is 0 Å². The van der Waals surface area contributed by atoms with Crippen LogP contribution in [-0.4, -0.2) is 50.2 Å². The minimum absolute atomic E-state index is 0.164. The highest BCUT2D eigenvalue weighted by molar-refractivity contribution is 6.00. The number of carbonyl (C=O) groups is 4. The van der Waals surface area contributed by atoms with Gasteiger partial charge in [-0.05, 0) is 18.6 Å². The maximum Gasteiger partial charge on any atom is 0.355 e. The Morgan fingerprint density at radius 2 is 1.86 bits per heavy atom. The van der Waals surface area contributed by atoms with Gasteiger partial charge < -0.3 is 20.6 Å². The molecule has 1 aliphatic heterocycles. The number of pyridine rings is 1. The molecule has 2 heterocycles. The van der Waals surface area contributed by atoms with E-state index in [1.54, 1.807) is 0 Å². The molecule has 0 radical (unpaired) electrons. The number of carboxylic acid groups (broad SMARTS) is 3. The van der Waals surface area contributed by atoms with Crippen molar-refractivity contribution in [2.24, 2.45) is 0 Å². The predicted molar refractivity (Wildman–Crippen MR) is 67.0 cm³/mol. The second kappa shape index (κ2) is 6.98. The van der Waals surface area contributed by atoms with Crippen molar-refractivity contribution >= 4 is 23.8 Å². The van der Waals surface area contributed by atoms with E-state index in [4.69, 9.17) is 15.3 Å². The van der Waals surface area contributed by atoms with E-state index in [9.17, 15) is 19.2 Å². The summed E-state index contributed by atoms with van der Waals surface area (Å²) in [5.74, 6) is -3.74.